The van der Waals surface area contributed by atoms with Crippen LogP contribution < -0.4 is 10.1 Å². The van der Waals surface area contributed by atoms with Gasteiger partial charge in [0.05, 0.1) is 16.5 Å². The number of hydrogen-bond donors (Lipinski definition) is 1. The van der Waals surface area contributed by atoms with Crippen LogP contribution in [0.2, 0.25) is 10.0 Å². The van der Waals surface area contributed by atoms with Gasteiger partial charge in [0.25, 0.3) is 0 Å². The lowest BCUT2D eigenvalue weighted by molar-refractivity contribution is -0.120. The zero-order valence-electron chi connectivity index (χ0n) is 16.1. The van der Waals surface area contributed by atoms with E-state index in [1.54, 1.807) is 12.1 Å². The molecule has 0 saturated carbocycles. The molecule has 0 aliphatic carbocycles. The van der Waals surface area contributed by atoms with Crippen molar-refractivity contribution in [3.63, 3.8) is 0 Å². The monoisotopic (exact) mass is 420 g/mol. The molecule has 0 aromatic heterocycles. The molecule has 2 aromatic carbocycles. The highest BCUT2D eigenvalue weighted by atomic mass is 35.5. The van der Waals surface area contributed by atoms with Crippen LogP contribution >= 0.6 is 23.2 Å². The molecule has 1 aliphatic rings. The minimum Gasteiger partial charge on any atom is -0.490 e. The van der Waals surface area contributed by atoms with E-state index in [9.17, 15) is 4.79 Å². The highest BCUT2D eigenvalue weighted by molar-refractivity contribution is 6.42. The molecule has 1 N–H and O–H groups in total. The summed E-state index contributed by atoms with van der Waals surface area (Å²) in [7, 11) is 0. The first-order chi connectivity index (χ1) is 13.5. The van der Waals surface area contributed by atoms with Gasteiger partial charge in [0, 0.05) is 32.2 Å². The maximum absolute atomic E-state index is 12.1. The third kappa shape index (κ3) is 6.40. The predicted molar refractivity (Wildman–Crippen MR) is 114 cm³/mol. The third-order valence-electron chi connectivity index (χ3n) is 4.96. The Labute approximate surface area is 176 Å². The van der Waals surface area contributed by atoms with Gasteiger partial charge in [0.1, 0.15) is 11.9 Å². The maximum atomic E-state index is 12.1. The molecule has 0 unspecified atom stereocenters. The second kappa shape index (κ2) is 10.1. The van der Waals surface area contributed by atoms with E-state index < -0.39 is 0 Å². The standard InChI is InChI=1S/C22H26Cl2N2O2/c1-16-2-4-17(5-3-16)14-22(27)25-10-13-26-11-8-18(9-12-26)28-19-6-7-20(23)21(24)15-19/h2-7,15,18H,8-14H2,1H3,(H,25,27). The molecule has 1 heterocycles. The van der Waals surface area contributed by atoms with Crippen molar-refractivity contribution in [1.82, 2.24) is 10.2 Å². The Hall–Kier alpha value is -1.75. The topological polar surface area (TPSA) is 41.6 Å². The number of piperidine rings is 1. The number of rotatable bonds is 7. The van der Waals surface area contributed by atoms with Crippen LogP contribution in [0.25, 0.3) is 0 Å². The highest BCUT2D eigenvalue weighted by Gasteiger charge is 2.20. The number of likely N-dealkylation sites (tertiary alicyclic amines) is 1. The van der Waals surface area contributed by atoms with E-state index in [2.05, 4.69) is 10.2 Å². The lowest BCUT2D eigenvalue weighted by Crippen LogP contribution is -2.42. The summed E-state index contributed by atoms with van der Waals surface area (Å²) in [6.07, 6.45) is 2.53. The van der Waals surface area contributed by atoms with Crippen LogP contribution in [0.4, 0.5) is 0 Å². The fourth-order valence-electron chi connectivity index (χ4n) is 3.30. The summed E-state index contributed by atoms with van der Waals surface area (Å²) in [5.41, 5.74) is 2.25. The SMILES string of the molecule is Cc1ccc(CC(=O)NCCN2CCC(Oc3ccc(Cl)c(Cl)c3)CC2)cc1. The van der Waals surface area contributed by atoms with Crippen LogP contribution in [-0.2, 0) is 11.2 Å². The van der Waals surface area contributed by atoms with Gasteiger partial charge in [-0.25, -0.2) is 0 Å². The lowest BCUT2D eigenvalue weighted by atomic mass is 10.1. The van der Waals surface area contributed by atoms with Crippen molar-refractivity contribution in [3.05, 3.63) is 63.6 Å². The Morgan fingerprint density at radius 1 is 1.11 bits per heavy atom. The molecule has 2 aromatic rings. The predicted octanol–water partition coefficient (Wildman–Crippen LogP) is 4.50. The van der Waals surface area contributed by atoms with Crippen molar-refractivity contribution < 1.29 is 9.53 Å². The van der Waals surface area contributed by atoms with Crippen molar-refractivity contribution >= 4 is 29.1 Å². The number of amides is 1. The molecule has 0 spiro atoms. The Morgan fingerprint density at radius 2 is 1.82 bits per heavy atom. The summed E-state index contributed by atoms with van der Waals surface area (Å²) >= 11 is 12.0. The molecular formula is C22H26Cl2N2O2. The molecule has 1 saturated heterocycles. The minimum absolute atomic E-state index is 0.0710. The number of nitrogens with one attached hydrogen (secondary N) is 1. The molecular weight excluding hydrogens is 395 g/mol. The largest absolute Gasteiger partial charge is 0.490 e. The van der Waals surface area contributed by atoms with Gasteiger partial charge in [0.2, 0.25) is 5.91 Å². The first kappa shape index (κ1) is 21.0. The molecule has 1 aliphatic heterocycles. The fraction of sp³-hybridized carbons (Fsp3) is 0.409. The average Bonchev–Trinajstić information content (AvgIpc) is 2.68. The summed E-state index contributed by atoms with van der Waals surface area (Å²) in [6, 6.07) is 13.5. The highest BCUT2D eigenvalue weighted by Crippen LogP contribution is 2.28. The van der Waals surface area contributed by atoms with Crippen molar-refractivity contribution in [2.45, 2.75) is 32.3 Å². The number of benzene rings is 2. The number of carbonyl (C=O) groups is 1. The first-order valence-corrected chi connectivity index (χ1v) is 10.4. The zero-order chi connectivity index (χ0) is 19.9. The van der Waals surface area contributed by atoms with E-state index in [-0.39, 0.29) is 12.0 Å². The van der Waals surface area contributed by atoms with Gasteiger partial charge >= 0.3 is 0 Å². The first-order valence-electron chi connectivity index (χ1n) is 9.66. The van der Waals surface area contributed by atoms with E-state index in [0.717, 1.165) is 43.8 Å². The number of aryl methyl sites for hydroxylation is 1. The summed E-state index contributed by atoms with van der Waals surface area (Å²) < 4.78 is 6.02. The molecule has 0 radical (unpaired) electrons. The van der Waals surface area contributed by atoms with Crippen LogP contribution in [0.3, 0.4) is 0 Å². The van der Waals surface area contributed by atoms with Gasteiger partial charge in [-0.1, -0.05) is 53.0 Å². The summed E-state index contributed by atoms with van der Waals surface area (Å²) in [5.74, 6) is 0.831. The maximum Gasteiger partial charge on any atom is 0.224 e. The van der Waals surface area contributed by atoms with Crippen molar-refractivity contribution in [2.24, 2.45) is 0 Å². The van der Waals surface area contributed by atoms with E-state index >= 15 is 0 Å². The average molecular weight is 421 g/mol. The van der Waals surface area contributed by atoms with Crippen LogP contribution in [0.5, 0.6) is 5.75 Å². The number of halogens is 2. The second-order valence-corrected chi connectivity index (χ2v) is 8.06. The smallest absolute Gasteiger partial charge is 0.224 e. The summed E-state index contributed by atoms with van der Waals surface area (Å²) in [5, 5.41) is 4.06. The quantitative estimate of drug-likeness (QED) is 0.716. The molecule has 0 atom stereocenters. The Morgan fingerprint density at radius 3 is 2.50 bits per heavy atom. The zero-order valence-corrected chi connectivity index (χ0v) is 17.6. The normalized spacial score (nSPS) is 15.4. The molecule has 3 rings (SSSR count). The lowest BCUT2D eigenvalue weighted by Gasteiger charge is -2.32. The number of ether oxygens (including phenoxy) is 1. The van der Waals surface area contributed by atoms with Gasteiger partial charge in [0.15, 0.2) is 0 Å². The fourth-order valence-corrected chi connectivity index (χ4v) is 3.59. The second-order valence-electron chi connectivity index (χ2n) is 7.25. The van der Waals surface area contributed by atoms with Crippen molar-refractivity contribution in [3.8, 4) is 5.75 Å². The number of hydrogen-bond acceptors (Lipinski definition) is 3. The van der Waals surface area contributed by atoms with Crippen LogP contribution in [-0.4, -0.2) is 43.1 Å². The van der Waals surface area contributed by atoms with Crippen LogP contribution in [0, 0.1) is 6.92 Å². The van der Waals surface area contributed by atoms with Gasteiger partial charge in [-0.15, -0.1) is 0 Å². The number of carbonyl (C=O) groups excluding carboxylic acids is 1. The van der Waals surface area contributed by atoms with Gasteiger partial charge in [-0.2, -0.15) is 0 Å². The molecule has 1 fully saturated rings. The van der Waals surface area contributed by atoms with Crippen molar-refractivity contribution in [2.75, 3.05) is 26.2 Å². The molecule has 6 heteroatoms. The van der Waals surface area contributed by atoms with E-state index in [1.165, 1.54) is 5.56 Å². The van der Waals surface area contributed by atoms with E-state index in [1.807, 2.05) is 37.3 Å². The van der Waals surface area contributed by atoms with Crippen LogP contribution in [0.1, 0.15) is 24.0 Å². The number of nitrogens with zero attached hydrogens (tertiary/aromatic N) is 1. The molecule has 1 amide bonds. The Kier molecular flexibility index (Phi) is 7.60. The van der Waals surface area contributed by atoms with Gasteiger partial charge < -0.3 is 15.0 Å². The molecule has 28 heavy (non-hydrogen) atoms. The Bertz CT molecular complexity index is 788. The summed E-state index contributed by atoms with van der Waals surface area (Å²) in [4.78, 5) is 14.4. The van der Waals surface area contributed by atoms with Crippen LogP contribution in [0.15, 0.2) is 42.5 Å². The molecule has 4 nitrogen and oxygen atoms in total. The van der Waals surface area contributed by atoms with Gasteiger partial charge in [-0.3, -0.25) is 4.79 Å². The van der Waals surface area contributed by atoms with Gasteiger partial charge in [-0.05, 0) is 37.5 Å². The molecule has 150 valence electrons. The Balaban J connectivity index is 1.33. The van der Waals surface area contributed by atoms with E-state index in [0.29, 0.717) is 23.0 Å². The third-order valence-corrected chi connectivity index (χ3v) is 5.70. The van der Waals surface area contributed by atoms with Crippen molar-refractivity contribution in [1.29, 1.82) is 0 Å². The summed E-state index contributed by atoms with van der Waals surface area (Å²) in [6.45, 7) is 5.49. The van der Waals surface area contributed by atoms with E-state index in [4.69, 9.17) is 27.9 Å². The minimum atomic E-state index is 0.0710. The molecule has 0 bridgehead atoms.